The number of anilines is 1. The van der Waals surface area contributed by atoms with E-state index in [1.807, 2.05) is 64.3 Å². The van der Waals surface area contributed by atoms with Gasteiger partial charge in [-0.25, -0.2) is 8.42 Å². The molecule has 0 radical (unpaired) electrons. The van der Waals surface area contributed by atoms with Crippen LogP contribution in [0.5, 0.6) is 5.75 Å². The average molecular weight is 420 g/mol. The molecule has 29 heavy (non-hydrogen) atoms. The molecule has 0 atom stereocenters. The molecule has 0 bridgehead atoms. The second kappa shape index (κ2) is 10.6. The van der Waals surface area contributed by atoms with Gasteiger partial charge in [-0.05, 0) is 75.9 Å². The summed E-state index contributed by atoms with van der Waals surface area (Å²) in [5.74, 6) is 0.671. The molecule has 160 valence electrons. The lowest BCUT2D eigenvalue weighted by Gasteiger charge is -2.24. The Labute approximate surface area is 175 Å². The smallest absolute Gasteiger partial charge is 0.243 e. The zero-order chi connectivity index (χ0) is 21.4. The Morgan fingerprint density at radius 3 is 2.00 bits per heavy atom. The van der Waals surface area contributed by atoms with Gasteiger partial charge in [0.15, 0.2) is 0 Å². The zero-order valence-electron chi connectivity index (χ0n) is 18.1. The van der Waals surface area contributed by atoms with Crippen LogP contribution in [0.25, 0.3) is 0 Å². The quantitative estimate of drug-likeness (QED) is 0.559. The minimum absolute atomic E-state index is 0.288. The van der Waals surface area contributed by atoms with E-state index in [1.54, 1.807) is 28.6 Å². The monoisotopic (exact) mass is 419 g/mol. The van der Waals surface area contributed by atoms with Crippen molar-refractivity contribution < 1.29 is 13.2 Å². The molecule has 2 aromatic rings. The first kappa shape index (κ1) is 23.2. The maximum atomic E-state index is 13.3. The molecule has 0 unspecified atom stereocenters. The highest BCUT2D eigenvalue weighted by Crippen LogP contribution is 2.22. The average Bonchev–Trinajstić information content (AvgIpc) is 2.68. The highest BCUT2D eigenvalue weighted by Gasteiger charge is 2.24. The van der Waals surface area contributed by atoms with Gasteiger partial charge in [0.1, 0.15) is 5.75 Å². The van der Waals surface area contributed by atoms with Crippen LogP contribution < -0.4 is 9.64 Å². The van der Waals surface area contributed by atoms with Crippen molar-refractivity contribution in [1.82, 2.24) is 9.21 Å². The van der Waals surface area contributed by atoms with Crippen LogP contribution in [0.15, 0.2) is 53.4 Å². The van der Waals surface area contributed by atoms with Crippen LogP contribution in [-0.2, 0) is 16.6 Å². The lowest BCUT2D eigenvalue weighted by Crippen LogP contribution is -2.33. The number of nitrogens with zero attached hydrogens (tertiary/aromatic N) is 3. The number of rotatable bonds is 11. The summed E-state index contributed by atoms with van der Waals surface area (Å²) in [6.45, 7) is 4.08. The van der Waals surface area contributed by atoms with Crippen LogP contribution in [0.1, 0.15) is 18.9 Å². The topological polar surface area (TPSA) is 53.1 Å². The molecule has 0 spiro atoms. The fourth-order valence-corrected chi connectivity index (χ4v) is 4.44. The van der Waals surface area contributed by atoms with Crippen LogP contribution in [0.2, 0.25) is 0 Å². The molecule has 0 aliphatic heterocycles. The number of benzene rings is 2. The summed E-state index contributed by atoms with van der Waals surface area (Å²) in [6, 6.07) is 14.7. The molecule has 2 rings (SSSR count). The molecule has 0 saturated carbocycles. The molecule has 0 N–H and O–H groups in total. The zero-order valence-corrected chi connectivity index (χ0v) is 18.9. The summed E-state index contributed by atoms with van der Waals surface area (Å²) >= 11 is 0. The van der Waals surface area contributed by atoms with Crippen molar-refractivity contribution in [2.45, 2.75) is 24.8 Å². The summed E-state index contributed by atoms with van der Waals surface area (Å²) in [5.41, 5.74) is 2.05. The van der Waals surface area contributed by atoms with E-state index in [1.165, 1.54) is 0 Å². The molecule has 0 fully saturated rings. The molecule has 7 heteroatoms. The number of sulfonamides is 1. The number of ether oxygens (including phenoxy) is 1. The van der Waals surface area contributed by atoms with E-state index in [4.69, 9.17) is 4.74 Å². The van der Waals surface area contributed by atoms with E-state index in [0.717, 1.165) is 24.2 Å². The molecular formula is C22H33N3O3S. The van der Waals surface area contributed by atoms with Crippen molar-refractivity contribution in [3.05, 3.63) is 54.1 Å². The highest BCUT2D eigenvalue weighted by atomic mass is 32.2. The van der Waals surface area contributed by atoms with Crippen LogP contribution in [0, 0.1) is 0 Å². The third-order valence-corrected chi connectivity index (χ3v) is 6.46. The minimum Gasteiger partial charge on any atom is -0.494 e. The molecule has 2 aromatic carbocycles. The van der Waals surface area contributed by atoms with Gasteiger partial charge in [0.25, 0.3) is 0 Å². The Hall–Kier alpha value is -2.09. The largest absolute Gasteiger partial charge is 0.494 e. The van der Waals surface area contributed by atoms with Gasteiger partial charge < -0.3 is 14.5 Å². The molecule has 0 aliphatic carbocycles. The summed E-state index contributed by atoms with van der Waals surface area (Å²) in [6.07, 6.45) is 0.763. The molecule has 0 aliphatic rings. The normalized spacial score (nSPS) is 11.8. The van der Waals surface area contributed by atoms with Crippen molar-refractivity contribution in [3.8, 4) is 5.75 Å². The lowest BCUT2D eigenvalue weighted by atomic mass is 10.2. The van der Waals surface area contributed by atoms with Crippen molar-refractivity contribution in [2.24, 2.45) is 0 Å². The number of hydrogen-bond donors (Lipinski definition) is 0. The highest BCUT2D eigenvalue weighted by molar-refractivity contribution is 7.89. The first-order valence-corrected chi connectivity index (χ1v) is 11.3. The Morgan fingerprint density at radius 2 is 1.48 bits per heavy atom. The first-order valence-electron chi connectivity index (χ1n) is 9.88. The third kappa shape index (κ3) is 6.73. The molecule has 0 heterocycles. The van der Waals surface area contributed by atoms with Gasteiger partial charge in [0.2, 0.25) is 10.0 Å². The summed E-state index contributed by atoms with van der Waals surface area (Å²) < 4.78 is 33.6. The van der Waals surface area contributed by atoms with Gasteiger partial charge in [-0.3, -0.25) is 0 Å². The van der Waals surface area contributed by atoms with Crippen molar-refractivity contribution >= 4 is 15.7 Å². The Morgan fingerprint density at radius 1 is 0.862 bits per heavy atom. The fraction of sp³-hybridized carbons (Fsp3) is 0.455. The Balaban J connectivity index is 2.25. The Bertz CT molecular complexity index is 848. The van der Waals surface area contributed by atoms with E-state index < -0.39 is 10.0 Å². The van der Waals surface area contributed by atoms with Gasteiger partial charge in [0.05, 0.1) is 11.5 Å². The van der Waals surface area contributed by atoms with Crippen molar-refractivity contribution in [2.75, 3.05) is 52.8 Å². The second-order valence-corrected chi connectivity index (χ2v) is 9.40. The standard InChI is InChI=1S/C22H33N3O3S/c1-6-28-21-12-14-22(15-13-21)29(26,27)25(17-7-16-23(2)3)18-19-8-10-20(11-9-19)24(4)5/h8-15H,6-7,16-18H2,1-5H3. The third-order valence-electron chi connectivity index (χ3n) is 4.60. The van der Waals surface area contributed by atoms with Crippen LogP contribution in [0.4, 0.5) is 5.69 Å². The molecule has 0 aromatic heterocycles. The van der Waals surface area contributed by atoms with E-state index in [2.05, 4.69) is 4.90 Å². The maximum absolute atomic E-state index is 13.3. The van der Waals surface area contributed by atoms with Crippen molar-refractivity contribution in [3.63, 3.8) is 0 Å². The van der Waals surface area contributed by atoms with Crippen LogP contribution in [0.3, 0.4) is 0 Å². The van der Waals surface area contributed by atoms with E-state index in [9.17, 15) is 8.42 Å². The molecule has 0 saturated heterocycles. The van der Waals surface area contributed by atoms with Crippen LogP contribution >= 0.6 is 0 Å². The molecule has 0 amide bonds. The predicted molar refractivity (Wildman–Crippen MR) is 119 cm³/mol. The van der Waals surface area contributed by atoms with Gasteiger partial charge in [-0.15, -0.1) is 0 Å². The SMILES string of the molecule is CCOc1ccc(S(=O)(=O)N(CCCN(C)C)Cc2ccc(N(C)C)cc2)cc1. The van der Waals surface area contributed by atoms with Gasteiger partial charge in [0, 0.05) is 32.9 Å². The summed E-state index contributed by atoms with van der Waals surface area (Å²) in [7, 11) is 4.35. The Kier molecular flexibility index (Phi) is 8.49. The van der Waals surface area contributed by atoms with E-state index in [0.29, 0.717) is 25.4 Å². The van der Waals surface area contributed by atoms with Crippen LogP contribution in [-0.4, -0.2) is 65.5 Å². The maximum Gasteiger partial charge on any atom is 0.243 e. The lowest BCUT2D eigenvalue weighted by molar-refractivity contribution is 0.339. The second-order valence-electron chi connectivity index (χ2n) is 7.46. The molecular weight excluding hydrogens is 386 g/mol. The minimum atomic E-state index is -3.61. The van der Waals surface area contributed by atoms with Gasteiger partial charge in [-0.1, -0.05) is 12.1 Å². The summed E-state index contributed by atoms with van der Waals surface area (Å²) in [5, 5.41) is 0. The predicted octanol–water partition coefficient (Wildman–Crippen LogP) is 3.29. The van der Waals surface area contributed by atoms with E-state index >= 15 is 0 Å². The number of hydrogen-bond acceptors (Lipinski definition) is 5. The molecule has 6 nitrogen and oxygen atoms in total. The van der Waals surface area contributed by atoms with Crippen molar-refractivity contribution in [1.29, 1.82) is 0 Å². The van der Waals surface area contributed by atoms with Gasteiger partial charge >= 0.3 is 0 Å². The van der Waals surface area contributed by atoms with Gasteiger partial charge in [-0.2, -0.15) is 4.31 Å². The fourth-order valence-electron chi connectivity index (χ4n) is 2.97. The van der Waals surface area contributed by atoms with E-state index in [-0.39, 0.29) is 4.90 Å². The first-order chi connectivity index (χ1) is 13.7. The summed E-state index contributed by atoms with van der Waals surface area (Å²) in [4.78, 5) is 4.37.